The molecule has 0 spiro atoms. The molecule has 7 heteroatoms. The summed E-state index contributed by atoms with van der Waals surface area (Å²) in [5.74, 6) is 0.174. The van der Waals surface area contributed by atoms with Crippen LogP contribution < -0.4 is 5.73 Å². The summed E-state index contributed by atoms with van der Waals surface area (Å²) < 4.78 is 0. The van der Waals surface area contributed by atoms with E-state index in [0.717, 1.165) is 36.6 Å². The van der Waals surface area contributed by atoms with Gasteiger partial charge in [-0.2, -0.15) is 0 Å². The van der Waals surface area contributed by atoms with Crippen molar-refractivity contribution in [3.8, 4) is 0 Å². The summed E-state index contributed by atoms with van der Waals surface area (Å²) in [6, 6.07) is 0.183. The van der Waals surface area contributed by atoms with Crippen LogP contribution in [0.2, 0.25) is 0 Å². The van der Waals surface area contributed by atoms with Crippen LogP contribution in [0.25, 0.3) is 0 Å². The molecule has 1 saturated heterocycles. The van der Waals surface area contributed by atoms with Crippen molar-refractivity contribution in [1.82, 2.24) is 9.88 Å². The van der Waals surface area contributed by atoms with Gasteiger partial charge in [-0.05, 0) is 18.3 Å². The van der Waals surface area contributed by atoms with E-state index < -0.39 is 0 Å². The molecular weight excluding hydrogens is 329 g/mol. The minimum atomic E-state index is 0. The summed E-state index contributed by atoms with van der Waals surface area (Å²) >= 11 is 1.64. The van der Waals surface area contributed by atoms with Crippen LogP contribution >= 0.6 is 36.2 Å². The van der Waals surface area contributed by atoms with Crippen molar-refractivity contribution in [2.45, 2.75) is 46.1 Å². The van der Waals surface area contributed by atoms with Gasteiger partial charge in [-0.3, -0.25) is 4.79 Å². The van der Waals surface area contributed by atoms with E-state index in [1.54, 1.807) is 11.3 Å². The van der Waals surface area contributed by atoms with Crippen molar-refractivity contribution >= 4 is 42.1 Å². The summed E-state index contributed by atoms with van der Waals surface area (Å²) in [6.07, 6.45) is 2.24. The number of aryl methyl sites for hydroxylation is 1. The summed E-state index contributed by atoms with van der Waals surface area (Å²) in [6.45, 7) is 7.87. The average molecular weight is 354 g/mol. The molecule has 21 heavy (non-hydrogen) atoms. The van der Waals surface area contributed by atoms with E-state index in [1.807, 2.05) is 10.3 Å². The second kappa shape index (κ2) is 8.32. The maximum atomic E-state index is 12.3. The van der Waals surface area contributed by atoms with E-state index in [0.29, 0.717) is 6.42 Å². The van der Waals surface area contributed by atoms with Crippen LogP contribution in [-0.2, 0) is 17.6 Å². The molecule has 0 saturated carbocycles. The number of likely N-dealkylation sites (tertiary alicyclic amines) is 1. The number of nitrogens with two attached hydrogens (primary N) is 1. The molecule has 1 aliphatic rings. The van der Waals surface area contributed by atoms with Gasteiger partial charge in [0.05, 0.1) is 17.1 Å². The van der Waals surface area contributed by atoms with Gasteiger partial charge in [-0.1, -0.05) is 20.8 Å². The molecule has 2 heterocycles. The first-order valence-electron chi connectivity index (χ1n) is 6.89. The lowest BCUT2D eigenvalue weighted by Gasteiger charge is -2.42. The lowest BCUT2D eigenvalue weighted by atomic mass is 9.79. The molecule has 1 unspecified atom stereocenters. The predicted molar refractivity (Wildman–Crippen MR) is 92.6 cm³/mol. The molecule has 0 aliphatic carbocycles. The molecule has 4 nitrogen and oxygen atoms in total. The fourth-order valence-corrected chi connectivity index (χ4v) is 3.19. The van der Waals surface area contributed by atoms with E-state index in [4.69, 9.17) is 5.73 Å². The van der Waals surface area contributed by atoms with Crippen molar-refractivity contribution in [2.24, 2.45) is 11.1 Å². The van der Waals surface area contributed by atoms with Gasteiger partial charge in [0.1, 0.15) is 0 Å². The summed E-state index contributed by atoms with van der Waals surface area (Å²) in [5, 5.41) is 3.10. The lowest BCUT2D eigenvalue weighted by Crippen LogP contribution is -2.54. The molecule has 1 aliphatic heterocycles. The smallest absolute Gasteiger partial charge is 0.228 e. The van der Waals surface area contributed by atoms with Gasteiger partial charge in [-0.25, -0.2) is 4.98 Å². The first-order valence-corrected chi connectivity index (χ1v) is 7.77. The Morgan fingerprint density at radius 3 is 2.71 bits per heavy atom. The third kappa shape index (κ3) is 5.09. The Morgan fingerprint density at radius 2 is 2.19 bits per heavy atom. The Bertz CT molecular complexity index is 465. The highest BCUT2D eigenvalue weighted by Crippen LogP contribution is 2.28. The van der Waals surface area contributed by atoms with E-state index >= 15 is 0 Å². The van der Waals surface area contributed by atoms with Gasteiger partial charge in [0.25, 0.3) is 0 Å². The fraction of sp³-hybridized carbons (Fsp3) is 0.714. The van der Waals surface area contributed by atoms with E-state index in [9.17, 15) is 4.79 Å². The summed E-state index contributed by atoms with van der Waals surface area (Å²) in [7, 11) is 0. The van der Waals surface area contributed by atoms with Gasteiger partial charge in [0, 0.05) is 24.5 Å². The molecule has 0 aromatic carbocycles. The van der Waals surface area contributed by atoms with E-state index in [2.05, 4.69) is 25.8 Å². The minimum Gasteiger partial charge on any atom is -0.342 e. The van der Waals surface area contributed by atoms with Gasteiger partial charge >= 0.3 is 0 Å². The number of nitrogens with zero attached hydrogens (tertiary/aromatic N) is 2. The van der Waals surface area contributed by atoms with Crippen molar-refractivity contribution in [3.05, 3.63) is 16.1 Å². The Balaban J connectivity index is 0.00000200. The number of aromatic nitrogens is 1. The van der Waals surface area contributed by atoms with Crippen molar-refractivity contribution in [1.29, 1.82) is 0 Å². The summed E-state index contributed by atoms with van der Waals surface area (Å²) in [5.41, 5.74) is 7.01. The Morgan fingerprint density at radius 1 is 1.52 bits per heavy atom. The molecular formula is C14H25Cl2N3OS. The third-order valence-corrected chi connectivity index (χ3v) is 4.94. The number of rotatable bonds is 3. The van der Waals surface area contributed by atoms with Crippen LogP contribution in [0.3, 0.4) is 0 Å². The number of amides is 1. The van der Waals surface area contributed by atoms with Gasteiger partial charge < -0.3 is 10.6 Å². The maximum Gasteiger partial charge on any atom is 0.228 e. The number of carbonyl (C=O) groups is 1. The minimum absolute atomic E-state index is 0. The molecule has 1 atom stereocenters. The third-order valence-electron chi connectivity index (χ3n) is 3.90. The molecule has 0 radical (unpaired) electrons. The van der Waals surface area contributed by atoms with Crippen LogP contribution in [0.5, 0.6) is 0 Å². The maximum absolute atomic E-state index is 12.3. The quantitative estimate of drug-likeness (QED) is 0.908. The zero-order valence-electron chi connectivity index (χ0n) is 12.8. The van der Waals surface area contributed by atoms with Crippen molar-refractivity contribution in [2.75, 3.05) is 13.1 Å². The molecule has 0 bridgehead atoms. The molecule has 122 valence electrons. The molecule has 2 rings (SSSR count). The van der Waals surface area contributed by atoms with Crippen LogP contribution in [0, 0.1) is 5.41 Å². The Hall–Kier alpha value is -0.360. The number of halogens is 2. The number of hydrogen-bond donors (Lipinski definition) is 1. The monoisotopic (exact) mass is 353 g/mol. The van der Waals surface area contributed by atoms with Gasteiger partial charge in [0.2, 0.25) is 5.91 Å². The van der Waals surface area contributed by atoms with Crippen LogP contribution in [0.1, 0.15) is 37.9 Å². The van der Waals surface area contributed by atoms with Crippen LogP contribution in [0.15, 0.2) is 5.38 Å². The first-order chi connectivity index (χ1) is 8.92. The zero-order valence-corrected chi connectivity index (χ0v) is 15.2. The number of thiazole rings is 1. The number of hydrogen-bond acceptors (Lipinski definition) is 4. The first kappa shape index (κ1) is 20.6. The largest absolute Gasteiger partial charge is 0.342 e. The predicted octanol–water partition coefficient (Wildman–Crippen LogP) is 2.68. The Kier molecular flexibility index (Phi) is 8.18. The molecule has 2 N–H and O–H groups in total. The highest BCUT2D eigenvalue weighted by atomic mass is 35.5. The second-order valence-corrected chi connectivity index (χ2v) is 6.90. The van der Waals surface area contributed by atoms with E-state index in [-0.39, 0.29) is 42.2 Å². The molecule has 1 aromatic heterocycles. The highest BCUT2D eigenvalue weighted by molar-refractivity contribution is 7.09. The SMILES string of the molecule is CCc1nc(CC(=O)N2CCC(N)C(C)(C)C2)cs1.Cl.Cl. The molecule has 1 aromatic rings. The topological polar surface area (TPSA) is 59.2 Å². The van der Waals surface area contributed by atoms with Gasteiger partial charge in [0.15, 0.2) is 0 Å². The van der Waals surface area contributed by atoms with Crippen molar-refractivity contribution < 1.29 is 4.79 Å². The zero-order chi connectivity index (χ0) is 14.0. The Labute approximate surface area is 143 Å². The fourth-order valence-electron chi connectivity index (χ4n) is 2.45. The van der Waals surface area contributed by atoms with Gasteiger partial charge in [-0.15, -0.1) is 36.2 Å². The van der Waals surface area contributed by atoms with E-state index in [1.165, 1.54) is 0 Å². The number of carbonyl (C=O) groups excluding carboxylic acids is 1. The summed E-state index contributed by atoms with van der Waals surface area (Å²) in [4.78, 5) is 18.7. The normalized spacial score (nSPS) is 20.4. The van der Waals surface area contributed by atoms with Crippen LogP contribution in [0.4, 0.5) is 0 Å². The second-order valence-electron chi connectivity index (χ2n) is 5.96. The number of piperidine rings is 1. The van der Waals surface area contributed by atoms with Crippen LogP contribution in [-0.4, -0.2) is 34.9 Å². The highest BCUT2D eigenvalue weighted by Gasteiger charge is 2.35. The van der Waals surface area contributed by atoms with Crippen molar-refractivity contribution in [3.63, 3.8) is 0 Å². The average Bonchev–Trinajstić information content (AvgIpc) is 2.80. The molecule has 1 amide bonds. The standard InChI is InChI=1S/C14H23N3OS.2ClH/c1-4-12-16-10(8-19-12)7-13(18)17-6-5-11(15)14(2,3)9-17;;/h8,11H,4-7,9,15H2,1-3H3;2*1H. The lowest BCUT2D eigenvalue weighted by molar-refractivity contribution is -0.133. The molecule has 1 fully saturated rings.